The molecule has 1 atom stereocenters. The molecule has 1 aromatic heterocycles. The molecule has 0 aliphatic carbocycles. The molecule has 2 rings (SSSR count). The predicted octanol–water partition coefficient (Wildman–Crippen LogP) is 1.40. The average molecular weight is 239 g/mol. The van der Waals surface area contributed by atoms with Crippen LogP contribution in [-0.4, -0.2) is 39.8 Å². The van der Waals surface area contributed by atoms with E-state index >= 15 is 0 Å². The summed E-state index contributed by atoms with van der Waals surface area (Å²) in [5, 5.41) is 13.0. The van der Waals surface area contributed by atoms with Crippen LogP contribution in [0.1, 0.15) is 44.4 Å². The summed E-state index contributed by atoms with van der Waals surface area (Å²) in [6.07, 6.45) is 2.91. The highest BCUT2D eigenvalue weighted by Crippen LogP contribution is 2.25. The summed E-state index contributed by atoms with van der Waals surface area (Å²) in [5.74, 6) is 1.95. The van der Waals surface area contributed by atoms with Gasteiger partial charge in [-0.1, -0.05) is 12.1 Å². The molecule has 5 nitrogen and oxygen atoms in total. The van der Waals surface area contributed by atoms with E-state index in [-0.39, 0.29) is 6.04 Å². The summed E-state index contributed by atoms with van der Waals surface area (Å²) in [6, 6.07) is 0.183. The number of aryl methyl sites for hydroxylation is 1. The average Bonchev–Trinajstić information content (AvgIpc) is 2.87. The second-order valence-corrected chi connectivity index (χ2v) is 4.74. The van der Waals surface area contributed by atoms with E-state index in [9.17, 15) is 0 Å². The first-order valence-corrected chi connectivity index (χ1v) is 6.42. The van der Waals surface area contributed by atoms with Crippen molar-refractivity contribution in [3.63, 3.8) is 0 Å². The first-order chi connectivity index (χ1) is 8.24. The van der Waals surface area contributed by atoms with Crippen LogP contribution in [0.4, 0.5) is 0 Å². The molecule has 1 N–H and O–H groups in total. The number of likely N-dealkylation sites (tertiary alicyclic amines) is 1. The molecule has 0 amide bonds. The summed E-state index contributed by atoms with van der Waals surface area (Å²) in [5.41, 5.74) is 0. The molecule has 0 bridgehead atoms. The number of aliphatic hydroxyl groups is 1. The SMILES string of the molecule is CCc1noc(C(C)N2CCC(CO)CC2)n1. The molecule has 1 unspecified atom stereocenters. The first kappa shape index (κ1) is 12.5. The molecule has 96 valence electrons. The third-order valence-electron chi connectivity index (χ3n) is 3.61. The largest absolute Gasteiger partial charge is 0.396 e. The van der Waals surface area contributed by atoms with Crippen LogP contribution in [0.5, 0.6) is 0 Å². The number of hydrogen-bond acceptors (Lipinski definition) is 5. The molecule has 1 fully saturated rings. The summed E-state index contributed by atoms with van der Waals surface area (Å²) < 4.78 is 5.27. The van der Waals surface area contributed by atoms with Crippen molar-refractivity contribution < 1.29 is 9.63 Å². The molecule has 5 heteroatoms. The molecule has 1 aromatic rings. The van der Waals surface area contributed by atoms with Gasteiger partial charge >= 0.3 is 0 Å². The Kier molecular flexibility index (Phi) is 4.12. The van der Waals surface area contributed by atoms with E-state index in [1.54, 1.807) is 0 Å². The minimum Gasteiger partial charge on any atom is -0.396 e. The maximum absolute atomic E-state index is 9.11. The van der Waals surface area contributed by atoms with Crippen LogP contribution in [-0.2, 0) is 6.42 Å². The summed E-state index contributed by atoms with van der Waals surface area (Å²) in [7, 11) is 0. The first-order valence-electron chi connectivity index (χ1n) is 6.42. The Hall–Kier alpha value is -0.940. The van der Waals surface area contributed by atoms with E-state index in [1.807, 2.05) is 6.92 Å². The number of nitrogens with zero attached hydrogens (tertiary/aromatic N) is 3. The molecule has 1 aliphatic heterocycles. The van der Waals surface area contributed by atoms with Gasteiger partial charge in [-0.3, -0.25) is 4.90 Å². The van der Waals surface area contributed by atoms with Gasteiger partial charge in [-0.25, -0.2) is 0 Å². The molecule has 0 radical (unpaired) electrons. The van der Waals surface area contributed by atoms with Crippen LogP contribution >= 0.6 is 0 Å². The minimum absolute atomic E-state index is 0.183. The van der Waals surface area contributed by atoms with Crippen molar-refractivity contribution in [1.82, 2.24) is 15.0 Å². The van der Waals surface area contributed by atoms with Gasteiger partial charge in [-0.05, 0) is 38.8 Å². The van der Waals surface area contributed by atoms with Crippen molar-refractivity contribution >= 4 is 0 Å². The molecular weight excluding hydrogens is 218 g/mol. The zero-order valence-corrected chi connectivity index (χ0v) is 10.6. The Morgan fingerprint density at radius 2 is 2.18 bits per heavy atom. The number of piperidine rings is 1. The fourth-order valence-electron chi connectivity index (χ4n) is 2.26. The van der Waals surface area contributed by atoms with Gasteiger partial charge in [-0.2, -0.15) is 4.98 Å². The topological polar surface area (TPSA) is 62.4 Å². The van der Waals surface area contributed by atoms with Gasteiger partial charge in [0.2, 0.25) is 5.89 Å². The Balaban J connectivity index is 1.94. The molecule has 1 aliphatic rings. The van der Waals surface area contributed by atoms with Gasteiger partial charge in [0.05, 0.1) is 6.04 Å². The van der Waals surface area contributed by atoms with Crippen LogP contribution in [0.15, 0.2) is 4.52 Å². The van der Waals surface area contributed by atoms with Crippen molar-refractivity contribution in [2.24, 2.45) is 5.92 Å². The number of aromatic nitrogens is 2. The van der Waals surface area contributed by atoms with Crippen molar-refractivity contribution in [3.05, 3.63) is 11.7 Å². The summed E-state index contributed by atoms with van der Waals surface area (Å²) in [4.78, 5) is 6.72. The standard InChI is InChI=1S/C12H21N3O2/c1-3-11-13-12(17-14-11)9(2)15-6-4-10(8-16)5-7-15/h9-10,16H,3-8H2,1-2H3. The van der Waals surface area contributed by atoms with Crippen LogP contribution in [0.2, 0.25) is 0 Å². The Bertz CT molecular complexity index is 345. The smallest absolute Gasteiger partial charge is 0.243 e. The van der Waals surface area contributed by atoms with Crippen molar-refractivity contribution in [1.29, 1.82) is 0 Å². The molecular formula is C12H21N3O2. The monoisotopic (exact) mass is 239 g/mol. The summed E-state index contributed by atoms with van der Waals surface area (Å²) >= 11 is 0. The fourth-order valence-corrected chi connectivity index (χ4v) is 2.26. The van der Waals surface area contributed by atoms with Gasteiger partial charge in [0.1, 0.15) is 0 Å². The van der Waals surface area contributed by atoms with E-state index in [0.717, 1.165) is 38.2 Å². The Labute approximate surface area is 102 Å². The van der Waals surface area contributed by atoms with Gasteiger partial charge in [-0.15, -0.1) is 0 Å². The maximum Gasteiger partial charge on any atom is 0.243 e. The normalized spacial score (nSPS) is 20.6. The second-order valence-electron chi connectivity index (χ2n) is 4.74. The molecule has 2 heterocycles. The lowest BCUT2D eigenvalue weighted by Gasteiger charge is -2.33. The van der Waals surface area contributed by atoms with Crippen molar-refractivity contribution in [3.8, 4) is 0 Å². The molecule has 1 saturated heterocycles. The molecule has 0 aromatic carbocycles. The van der Waals surface area contributed by atoms with Crippen LogP contribution in [0.25, 0.3) is 0 Å². The van der Waals surface area contributed by atoms with E-state index in [4.69, 9.17) is 9.63 Å². The second kappa shape index (κ2) is 5.60. The lowest BCUT2D eigenvalue weighted by molar-refractivity contribution is 0.0929. The van der Waals surface area contributed by atoms with Crippen molar-refractivity contribution in [2.75, 3.05) is 19.7 Å². The number of rotatable bonds is 4. The molecule has 17 heavy (non-hydrogen) atoms. The zero-order chi connectivity index (χ0) is 12.3. The van der Waals surface area contributed by atoms with Gasteiger partial charge in [0, 0.05) is 13.0 Å². The van der Waals surface area contributed by atoms with Gasteiger partial charge in [0.15, 0.2) is 5.82 Å². The molecule has 0 saturated carbocycles. The zero-order valence-electron chi connectivity index (χ0n) is 10.6. The highest BCUT2D eigenvalue weighted by atomic mass is 16.5. The number of hydrogen-bond donors (Lipinski definition) is 1. The van der Waals surface area contributed by atoms with Gasteiger partial charge < -0.3 is 9.63 Å². The van der Waals surface area contributed by atoms with Crippen LogP contribution in [0.3, 0.4) is 0 Å². The highest BCUT2D eigenvalue weighted by Gasteiger charge is 2.26. The van der Waals surface area contributed by atoms with E-state index < -0.39 is 0 Å². The van der Waals surface area contributed by atoms with Gasteiger partial charge in [0.25, 0.3) is 0 Å². The molecule has 0 spiro atoms. The third-order valence-corrected chi connectivity index (χ3v) is 3.61. The quantitative estimate of drug-likeness (QED) is 0.860. The highest BCUT2D eigenvalue weighted by molar-refractivity contribution is 4.93. The van der Waals surface area contributed by atoms with E-state index in [1.165, 1.54) is 0 Å². The lowest BCUT2D eigenvalue weighted by Crippen LogP contribution is -2.36. The van der Waals surface area contributed by atoms with Crippen LogP contribution in [0, 0.1) is 5.92 Å². The van der Waals surface area contributed by atoms with Crippen molar-refractivity contribution in [2.45, 2.75) is 39.2 Å². The summed E-state index contributed by atoms with van der Waals surface area (Å²) in [6.45, 7) is 6.42. The fraction of sp³-hybridized carbons (Fsp3) is 0.833. The maximum atomic E-state index is 9.11. The minimum atomic E-state index is 0.183. The number of aliphatic hydroxyl groups excluding tert-OH is 1. The Morgan fingerprint density at radius 1 is 1.47 bits per heavy atom. The van der Waals surface area contributed by atoms with Crippen LogP contribution < -0.4 is 0 Å². The lowest BCUT2D eigenvalue weighted by atomic mass is 9.97. The predicted molar refractivity (Wildman–Crippen MR) is 63.5 cm³/mol. The third kappa shape index (κ3) is 2.84. The van der Waals surface area contributed by atoms with E-state index in [0.29, 0.717) is 18.4 Å². The van der Waals surface area contributed by atoms with E-state index in [2.05, 4.69) is 22.0 Å². The Morgan fingerprint density at radius 3 is 2.71 bits per heavy atom.